The van der Waals surface area contributed by atoms with Gasteiger partial charge in [0.15, 0.2) is 6.10 Å². The second kappa shape index (κ2) is 6.78. The van der Waals surface area contributed by atoms with Crippen molar-refractivity contribution in [1.29, 1.82) is 0 Å². The number of likely N-dealkylation sites (N-methyl/N-ethyl adjacent to an activating group) is 1. The third-order valence-electron chi connectivity index (χ3n) is 1.96. The van der Waals surface area contributed by atoms with Gasteiger partial charge in [0.05, 0.1) is 0 Å². The lowest BCUT2D eigenvalue weighted by Gasteiger charge is -2.25. The molecule has 118 valence electrons. The number of hydrogen-bond acceptors (Lipinski definition) is 4. The first-order chi connectivity index (χ1) is 8.82. The molecule has 0 aliphatic heterocycles. The number of carbonyl (C=O) groups excluding carboxylic acids is 2. The minimum absolute atomic E-state index is 0.541. The first kappa shape index (κ1) is 18.5. The zero-order chi connectivity index (χ0) is 16.1. The number of alkyl carbamates (subject to hydrolysis) is 1. The Hall–Kier alpha value is -1.51. The lowest BCUT2D eigenvalue weighted by molar-refractivity contribution is -0.151. The molecule has 20 heavy (non-hydrogen) atoms. The summed E-state index contributed by atoms with van der Waals surface area (Å²) < 4.78 is 40.7. The van der Waals surface area contributed by atoms with Gasteiger partial charge >= 0.3 is 12.3 Å². The quantitative estimate of drug-likeness (QED) is 0.770. The van der Waals surface area contributed by atoms with Gasteiger partial charge in [-0.1, -0.05) is 0 Å². The molecule has 6 nitrogen and oxygen atoms in total. The van der Waals surface area contributed by atoms with Crippen molar-refractivity contribution in [3.05, 3.63) is 0 Å². The zero-order valence-electron chi connectivity index (χ0n) is 12.1. The summed E-state index contributed by atoms with van der Waals surface area (Å²) in [6.07, 6.45) is -6.46. The molecular formula is C11H20F3N3O3. The Balaban J connectivity index is 4.30. The fourth-order valence-electron chi connectivity index (χ4n) is 1.11. The third-order valence-corrected chi connectivity index (χ3v) is 1.96. The summed E-state index contributed by atoms with van der Waals surface area (Å²) in [6.45, 7) is 5.08. The summed E-state index contributed by atoms with van der Waals surface area (Å²) in [4.78, 5) is 23.1. The van der Waals surface area contributed by atoms with Crippen molar-refractivity contribution in [3.8, 4) is 0 Å². The molecule has 0 aromatic rings. The van der Waals surface area contributed by atoms with Gasteiger partial charge in [-0.15, -0.1) is 0 Å². The van der Waals surface area contributed by atoms with Crippen LogP contribution in [0.1, 0.15) is 27.7 Å². The van der Waals surface area contributed by atoms with Gasteiger partial charge in [-0.2, -0.15) is 13.2 Å². The summed E-state index contributed by atoms with van der Waals surface area (Å²) >= 11 is 0. The van der Waals surface area contributed by atoms with E-state index < -0.39 is 36.4 Å². The van der Waals surface area contributed by atoms with Crippen LogP contribution >= 0.6 is 0 Å². The molecule has 0 heterocycles. The smallest absolute Gasteiger partial charge is 0.408 e. The summed E-state index contributed by atoms with van der Waals surface area (Å²) in [7, 11) is 1.12. The van der Waals surface area contributed by atoms with Crippen LogP contribution in [0.25, 0.3) is 0 Å². The molecule has 2 amide bonds. The van der Waals surface area contributed by atoms with Gasteiger partial charge in [0.2, 0.25) is 0 Å². The molecule has 1 atom stereocenters. The first-order valence-corrected chi connectivity index (χ1v) is 5.88. The highest BCUT2D eigenvalue weighted by atomic mass is 19.4. The van der Waals surface area contributed by atoms with Crippen LogP contribution in [-0.2, 0) is 9.53 Å². The minimum Gasteiger partial charge on any atom is -0.436 e. The average Bonchev–Trinajstić information content (AvgIpc) is 2.20. The topological polar surface area (TPSA) is 70.7 Å². The molecule has 0 aromatic heterocycles. The number of hydrogen-bond donors (Lipinski definition) is 2. The standard InChI is InChI=1S/C11H20F3N3O3/c1-7(20-9(19)16-10(2,3)4)8(18)17(5)15-6-11(12,13)14/h7,15H,6H2,1-5H3,(H,16,19)/t7-/m1/s1. The summed E-state index contributed by atoms with van der Waals surface area (Å²) in [6, 6.07) is 0. The normalized spacial score (nSPS) is 13.6. The van der Waals surface area contributed by atoms with Crippen LogP contribution < -0.4 is 10.7 Å². The van der Waals surface area contributed by atoms with Crippen molar-refractivity contribution >= 4 is 12.0 Å². The molecule has 0 aliphatic carbocycles. The van der Waals surface area contributed by atoms with E-state index in [0.717, 1.165) is 7.05 Å². The lowest BCUT2D eigenvalue weighted by Crippen LogP contribution is -2.50. The van der Waals surface area contributed by atoms with E-state index in [0.29, 0.717) is 5.01 Å². The molecule has 0 saturated carbocycles. The highest BCUT2D eigenvalue weighted by Crippen LogP contribution is 2.12. The van der Waals surface area contributed by atoms with Gasteiger partial charge < -0.3 is 10.1 Å². The van der Waals surface area contributed by atoms with Crippen molar-refractivity contribution in [2.75, 3.05) is 13.6 Å². The largest absolute Gasteiger partial charge is 0.436 e. The van der Waals surface area contributed by atoms with E-state index in [1.165, 1.54) is 6.92 Å². The predicted molar refractivity (Wildman–Crippen MR) is 65.7 cm³/mol. The predicted octanol–water partition coefficient (Wildman–Crippen LogP) is 1.42. The molecule has 0 unspecified atom stereocenters. The lowest BCUT2D eigenvalue weighted by atomic mass is 10.1. The molecule has 0 saturated heterocycles. The zero-order valence-corrected chi connectivity index (χ0v) is 12.1. The third kappa shape index (κ3) is 8.57. The van der Waals surface area contributed by atoms with Crippen LogP contribution in [-0.4, -0.2) is 48.4 Å². The molecule has 0 rings (SSSR count). The molecular weight excluding hydrogens is 279 g/mol. The molecule has 0 aromatic carbocycles. The number of ether oxygens (including phenoxy) is 1. The molecule has 0 radical (unpaired) electrons. The average molecular weight is 299 g/mol. The number of nitrogens with one attached hydrogen (secondary N) is 2. The number of carbonyl (C=O) groups is 2. The molecule has 9 heteroatoms. The fraction of sp³-hybridized carbons (Fsp3) is 0.818. The maximum atomic E-state index is 12.0. The van der Waals surface area contributed by atoms with Gasteiger partial charge in [-0.25, -0.2) is 10.2 Å². The van der Waals surface area contributed by atoms with Crippen LogP contribution in [0.4, 0.5) is 18.0 Å². The highest BCUT2D eigenvalue weighted by Gasteiger charge is 2.29. The van der Waals surface area contributed by atoms with E-state index in [2.05, 4.69) is 5.32 Å². The second-order valence-corrected chi connectivity index (χ2v) is 5.27. The number of alkyl halides is 3. The number of halogens is 3. The Labute approximate surface area is 115 Å². The van der Waals surface area contributed by atoms with E-state index in [1.807, 2.05) is 5.43 Å². The summed E-state index contributed by atoms with van der Waals surface area (Å²) in [5.41, 5.74) is 1.33. The van der Waals surface area contributed by atoms with Gasteiger partial charge in [0.1, 0.15) is 6.54 Å². The monoisotopic (exact) mass is 299 g/mol. The first-order valence-electron chi connectivity index (χ1n) is 5.88. The Morgan fingerprint density at radius 1 is 1.25 bits per heavy atom. The Morgan fingerprint density at radius 3 is 2.15 bits per heavy atom. The maximum absolute atomic E-state index is 12.0. The van der Waals surface area contributed by atoms with E-state index >= 15 is 0 Å². The van der Waals surface area contributed by atoms with Crippen LogP contribution in [0.15, 0.2) is 0 Å². The van der Waals surface area contributed by atoms with Crippen molar-refractivity contribution in [2.45, 2.75) is 45.5 Å². The van der Waals surface area contributed by atoms with Gasteiger partial charge in [-0.3, -0.25) is 9.80 Å². The highest BCUT2D eigenvalue weighted by molar-refractivity contribution is 5.82. The van der Waals surface area contributed by atoms with E-state index in [9.17, 15) is 22.8 Å². The van der Waals surface area contributed by atoms with Crippen LogP contribution in [0.3, 0.4) is 0 Å². The number of nitrogens with zero attached hydrogens (tertiary/aromatic N) is 1. The van der Waals surface area contributed by atoms with Crippen LogP contribution in [0.2, 0.25) is 0 Å². The van der Waals surface area contributed by atoms with E-state index in [1.54, 1.807) is 20.8 Å². The summed E-state index contributed by atoms with van der Waals surface area (Å²) in [5.74, 6) is -0.793. The van der Waals surface area contributed by atoms with Crippen molar-refractivity contribution in [2.24, 2.45) is 0 Å². The molecule has 2 N–H and O–H groups in total. The molecule has 0 aliphatic rings. The molecule has 0 fully saturated rings. The molecule has 0 spiro atoms. The van der Waals surface area contributed by atoms with Crippen LogP contribution in [0.5, 0.6) is 0 Å². The van der Waals surface area contributed by atoms with Crippen LogP contribution in [0, 0.1) is 0 Å². The summed E-state index contributed by atoms with van der Waals surface area (Å²) in [5, 5.41) is 3.11. The van der Waals surface area contributed by atoms with Crippen molar-refractivity contribution in [3.63, 3.8) is 0 Å². The van der Waals surface area contributed by atoms with Gasteiger partial charge in [-0.05, 0) is 27.7 Å². The van der Waals surface area contributed by atoms with Gasteiger partial charge in [0.25, 0.3) is 5.91 Å². The second-order valence-electron chi connectivity index (χ2n) is 5.27. The number of amides is 2. The van der Waals surface area contributed by atoms with Crippen molar-refractivity contribution < 1.29 is 27.5 Å². The fourth-order valence-corrected chi connectivity index (χ4v) is 1.11. The Bertz CT molecular complexity index is 353. The molecule has 0 bridgehead atoms. The van der Waals surface area contributed by atoms with Crippen molar-refractivity contribution in [1.82, 2.24) is 15.8 Å². The Kier molecular flexibility index (Phi) is 6.27. The SMILES string of the molecule is C[C@@H](OC(=O)NC(C)(C)C)C(=O)N(C)NCC(F)(F)F. The Morgan fingerprint density at radius 2 is 1.75 bits per heavy atom. The maximum Gasteiger partial charge on any atom is 0.408 e. The minimum atomic E-state index is -4.44. The number of rotatable bonds is 4. The van der Waals surface area contributed by atoms with E-state index in [-0.39, 0.29) is 0 Å². The number of hydrazine groups is 1. The van der Waals surface area contributed by atoms with E-state index in [4.69, 9.17) is 4.74 Å². The van der Waals surface area contributed by atoms with Gasteiger partial charge in [0, 0.05) is 12.6 Å².